The van der Waals surface area contributed by atoms with E-state index in [-0.39, 0.29) is 0 Å². The third-order valence-electron chi connectivity index (χ3n) is 0.825. The summed E-state index contributed by atoms with van der Waals surface area (Å²) in [4.78, 5) is 9.53. The van der Waals surface area contributed by atoms with Crippen LogP contribution in [0.2, 0.25) is 0 Å². The van der Waals surface area contributed by atoms with Crippen LogP contribution in [0.1, 0.15) is 6.92 Å². The number of carbonyl (C=O) groups excluding carboxylic acids is 1. The van der Waals surface area contributed by atoms with E-state index in [2.05, 4.69) is 0 Å². The molecule has 1 amide bonds. The molecule has 3 nitrogen and oxygen atoms in total. The molecule has 0 saturated heterocycles. The summed E-state index contributed by atoms with van der Waals surface area (Å²) in [5.74, 6) is 0. The molecule has 0 aliphatic carbocycles. The van der Waals surface area contributed by atoms with Crippen LogP contribution in [0.25, 0.3) is 0 Å². The van der Waals surface area contributed by atoms with Gasteiger partial charge in [0.2, 0.25) is 0 Å². The lowest BCUT2D eigenvalue weighted by atomic mass is 10.3. The topological polar surface area (TPSA) is 49.0 Å². The Morgan fingerprint density at radius 1 is 1.50 bits per heavy atom. The Bertz CT molecular complexity index is 133. The van der Waals surface area contributed by atoms with Crippen molar-refractivity contribution in [1.29, 1.82) is 0 Å². The second-order valence-corrected chi connectivity index (χ2v) is 1.70. The zero-order chi connectivity index (χ0) is 8.36. The fraction of sp³-hybridized carbons (Fsp3) is 0.750. The number of amides is 1. The summed E-state index contributed by atoms with van der Waals surface area (Å²) in [6.45, 7) is 0.690. The molecule has 0 aromatic rings. The smallest absolute Gasteiger partial charge is 0.307 e. The molecule has 10 heavy (non-hydrogen) atoms. The maximum atomic E-state index is 11.5. The Morgan fingerprint density at radius 2 is 1.90 bits per heavy atom. The minimum absolute atomic E-state index is 0.690. The molecule has 6 heteroatoms. The minimum atomic E-state index is -4.54. The highest BCUT2D eigenvalue weighted by molar-refractivity contribution is 5.64. The molecule has 0 rings (SSSR count). The summed E-state index contributed by atoms with van der Waals surface area (Å²) in [5, 5.41) is 10.7. The first-order chi connectivity index (χ1) is 4.34. The van der Waals surface area contributed by atoms with E-state index in [0.717, 1.165) is 5.32 Å². The van der Waals surface area contributed by atoms with E-state index in [4.69, 9.17) is 0 Å². The Labute approximate surface area is 54.8 Å². The van der Waals surface area contributed by atoms with Gasteiger partial charge in [0.1, 0.15) is 6.04 Å². The number of carbonyl (C=O) groups is 1. The van der Waals surface area contributed by atoms with Gasteiger partial charge >= 0.3 is 12.3 Å². The second-order valence-electron chi connectivity index (χ2n) is 1.70. The minimum Gasteiger partial charge on any atom is -0.307 e. The van der Waals surface area contributed by atoms with E-state index < -0.39 is 18.3 Å². The zero-order valence-corrected chi connectivity index (χ0v) is 5.03. The van der Waals surface area contributed by atoms with Crippen LogP contribution >= 0.6 is 0 Å². The van der Waals surface area contributed by atoms with Crippen molar-refractivity contribution in [3.8, 4) is 0 Å². The molecule has 0 aliphatic heterocycles. The molecule has 0 fully saturated rings. The summed E-state index contributed by atoms with van der Waals surface area (Å²) >= 11 is 0. The van der Waals surface area contributed by atoms with Gasteiger partial charge in [0.15, 0.2) is 0 Å². The summed E-state index contributed by atoms with van der Waals surface area (Å²) in [5.41, 5.74) is 0. The van der Waals surface area contributed by atoms with E-state index >= 15 is 0 Å². The van der Waals surface area contributed by atoms with Crippen LogP contribution in [0.3, 0.4) is 0 Å². The van der Waals surface area contributed by atoms with Gasteiger partial charge in [0.05, 0.1) is 0 Å². The van der Waals surface area contributed by atoms with Crippen molar-refractivity contribution in [2.45, 2.75) is 19.1 Å². The number of hydrogen-bond acceptors (Lipinski definition) is 1. The summed E-state index contributed by atoms with van der Waals surface area (Å²) in [7, 11) is 0. The normalized spacial score (nSPS) is 14.4. The number of halogens is 3. The van der Waals surface area contributed by atoms with Crippen molar-refractivity contribution in [3.05, 3.63) is 0 Å². The van der Waals surface area contributed by atoms with Gasteiger partial charge in [0, 0.05) is 0 Å². The van der Waals surface area contributed by atoms with Gasteiger partial charge in [-0.25, -0.2) is 9.90 Å². The standard InChI is InChI=1S/C4H5F3NO2/c1-2(4(5,6)7)8-3(9)10/h2,8H,1H3/t2-/m1/s1. The van der Waals surface area contributed by atoms with Gasteiger partial charge in [-0.1, -0.05) is 0 Å². The Morgan fingerprint density at radius 3 is 2.00 bits per heavy atom. The molecule has 0 aliphatic rings. The largest absolute Gasteiger partial charge is 0.451 e. The van der Waals surface area contributed by atoms with Crippen molar-refractivity contribution in [1.82, 2.24) is 5.32 Å². The number of hydrogen-bond donors (Lipinski definition) is 1. The summed E-state index contributed by atoms with van der Waals surface area (Å²) in [6, 6.07) is -2.07. The molecule has 0 aromatic heterocycles. The molecule has 0 spiro atoms. The molecular formula is C4H5F3NO2. The van der Waals surface area contributed by atoms with Crippen LogP contribution in [0.15, 0.2) is 0 Å². The monoisotopic (exact) mass is 156 g/mol. The SMILES string of the molecule is C[C@@H](NC([O])=O)C(F)(F)F. The highest BCUT2D eigenvalue weighted by Crippen LogP contribution is 2.19. The number of nitrogens with one attached hydrogen (secondary N) is 1. The molecule has 1 atom stereocenters. The van der Waals surface area contributed by atoms with Crippen molar-refractivity contribution < 1.29 is 23.1 Å². The lowest BCUT2D eigenvalue weighted by Gasteiger charge is -2.13. The lowest BCUT2D eigenvalue weighted by molar-refractivity contribution is -0.150. The Kier molecular flexibility index (Phi) is 2.50. The van der Waals surface area contributed by atoms with Gasteiger partial charge in [-0.2, -0.15) is 13.2 Å². The quantitative estimate of drug-likeness (QED) is 0.606. The third-order valence-corrected chi connectivity index (χ3v) is 0.825. The predicted molar refractivity (Wildman–Crippen MR) is 24.7 cm³/mol. The van der Waals surface area contributed by atoms with Crippen LogP contribution in [-0.2, 0) is 5.11 Å². The highest BCUT2D eigenvalue weighted by Gasteiger charge is 2.37. The van der Waals surface area contributed by atoms with Gasteiger partial charge < -0.3 is 5.32 Å². The predicted octanol–water partition coefficient (Wildman–Crippen LogP) is 1.08. The maximum Gasteiger partial charge on any atom is 0.451 e. The van der Waals surface area contributed by atoms with E-state index in [1.807, 2.05) is 0 Å². The lowest BCUT2D eigenvalue weighted by Crippen LogP contribution is -2.41. The number of alkyl halides is 3. The van der Waals surface area contributed by atoms with Crippen LogP contribution < -0.4 is 5.32 Å². The van der Waals surface area contributed by atoms with Crippen molar-refractivity contribution in [2.24, 2.45) is 0 Å². The first-order valence-electron chi connectivity index (χ1n) is 2.38. The van der Waals surface area contributed by atoms with E-state index in [9.17, 15) is 23.1 Å². The second kappa shape index (κ2) is 2.76. The van der Waals surface area contributed by atoms with Crippen LogP contribution in [0.4, 0.5) is 18.0 Å². The molecule has 59 valence electrons. The van der Waals surface area contributed by atoms with Gasteiger partial charge in [-0.05, 0) is 6.92 Å². The van der Waals surface area contributed by atoms with Crippen molar-refractivity contribution in [2.75, 3.05) is 0 Å². The third kappa shape index (κ3) is 3.16. The molecule has 0 heterocycles. The van der Waals surface area contributed by atoms with Gasteiger partial charge in [-0.3, -0.25) is 0 Å². The first-order valence-corrected chi connectivity index (χ1v) is 2.38. The zero-order valence-electron chi connectivity index (χ0n) is 5.03. The van der Waals surface area contributed by atoms with Gasteiger partial charge in [-0.15, -0.1) is 0 Å². The van der Waals surface area contributed by atoms with E-state index in [1.165, 1.54) is 0 Å². The first kappa shape index (κ1) is 9.06. The van der Waals surface area contributed by atoms with E-state index in [1.54, 1.807) is 0 Å². The van der Waals surface area contributed by atoms with Crippen LogP contribution in [0.5, 0.6) is 0 Å². The Hall–Kier alpha value is -0.940. The average Bonchev–Trinajstić information content (AvgIpc) is 1.60. The molecule has 0 bridgehead atoms. The molecular weight excluding hydrogens is 151 g/mol. The Balaban J connectivity index is 3.85. The maximum absolute atomic E-state index is 11.5. The van der Waals surface area contributed by atoms with Crippen molar-refractivity contribution in [3.63, 3.8) is 0 Å². The molecule has 0 saturated carbocycles. The summed E-state index contributed by atoms with van der Waals surface area (Å²) < 4.78 is 34.4. The van der Waals surface area contributed by atoms with E-state index in [0.29, 0.717) is 6.92 Å². The molecule has 1 radical (unpaired) electrons. The van der Waals surface area contributed by atoms with Gasteiger partial charge in [0.25, 0.3) is 0 Å². The molecule has 1 N–H and O–H groups in total. The fourth-order valence-electron chi connectivity index (χ4n) is 0.259. The summed E-state index contributed by atoms with van der Waals surface area (Å²) in [6.07, 6.45) is -6.47. The van der Waals surface area contributed by atoms with Crippen LogP contribution in [-0.4, -0.2) is 18.3 Å². The fourth-order valence-corrected chi connectivity index (χ4v) is 0.259. The van der Waals surface area contributed by atoms with Crippen molar-refractivity contribution >= 4 is 6.09 Å². The molecule has 0 aromatic carbocycles. The van der Waals surface area contributed by atoms with Crippen LogP contribution in [0, 0.1) is 0 Å². The molecule has 0 unspecified atom stereocenters. The number of rotatable bonds is 1. The average molecular weight is 156 g/mol. The highest BCUT2D eigenvalue weighted by atomic mass is 19.4.